The van der Waals surface area contributed by atoms with Gasteiger partial charge in [-0.15, -0.1) is 0 Å². The topological polar surface area (TPSA) is 20.2 Å². The molecule has 0 saturated carbocycles. The molecule has 0 aromatic heterocycles. The van der Waals surface area contributed by atoms with Crippen molar-refractivity contribution in [3.63, 3.8) is 0 Å². The SMILES string of the molecule is CCc1cc(CC)cc(C(C)(C)c2ccc(O)c(C)c2)c1. The first-order valence-corrected chi connectivity index (χ1v) is 7.82. The lowest BCUT2D eigenvalue weighted by Crippen LogP contribution is -2.19. The van der Waals surface area contributed by atoms with Crippen molar-refractivity contribution in [2.45, 2.75) is 52.9 Å². The largest absolute Gasteiger partial charge is 0.508 e. The molecule has 1 N–H and O–H groups in total. The van der Waals surface area contributed by atoms with Gasteiger partial charge in [-0.1, -0.05) is 58.0 Å². The van der Waals surface area contributed by atoms with E-state index in [4.69, 9.17) is 0 Å². The van der Waals surface area contributed by atoms with Gasteiger partial charge in [-0.25, -0.2) is 0 Å². The maximum Gasteiger partial charge on any atom is 0.118 e. The van der Waals surface area contributed by atoms with Crippen LogP contribution in [0.4, 0.5) is 0 Å². The van der Waals surface area contributed by atoms with E-state index in [-0.39, 0.29) is 5.41 Å². The van der Waals surface area contributed by atoms with Gasteiger partial charge in [-0.2, -0.15) is 0 Å². The Morgan fingerprint density at radius 3 is 1.90 bits per heavy atom. The molecule has 0 heterocycles. The van der Waals surface area contributed by atoms with Gasteiger partial charge in [0.15, 0.2) is 0 Å². The highest BCUT2D eigenvalue weighted by molar-refractivity contribution is 5.45. The number of aryl methyl sites for hydroxylation is 3. The van der Waals surface area contributed by atoms with E-state index in [1.54, 1.807) is 6.07 Å². The lowest BCUT2D eigenvalue weighted by Gasteiger charge is -2.28. The summed E-state index contributed by atoms with van der Waals surface area (Å²) in [6, 6.07) is 12.9. The maximum absolute atomic E-state index is 9.74. The molecule has 21 heavy (non-hydrogen) atoms. The van der Waals surface area contributed by atoms with Crippen molar-refractivity contribution in [3.8, 4) is 5.75 Å². The highest BCUT2D eigenvalue weighted by Crippen LogP contribution is 2.34. The van der Waals surface area contributed by atoms with Gasteiger partial charge in [-0.05, 0) is 53.6 Å². The van der Waals surface area contributed by atoms with E-state index in [0.717, 1.165) is 18.4 Å². The van der Waals surface area contributed by atoms with E-state index >= 15 is 0 Å². The Morgan fingerprint density at radius 2 is 1.43 bits per heavy atom. The van der Waals surface area contributed by atoms with Crippen molar-refractivity contribution in [3.05, 3.63) is 64.2 Å². The van der Waals surface area contributed by atoms with Crippen LogP contribution in [0.3, 0.4) is 0 Å². The Hall–Kier alpha value is -1.76. The Morgan fingerprint density at radius 1 is 0.857 bits per heavy atom. The molecule has 1 heteroatoms. The highest BCUT2D eigenvalue weighted by atomic mass is 16.3. The van der Waals surface area contributed by atoms with Crippen LogP contribution in [-0.2, 0) is 18.3 Å². The molecule has 0 aliphatic rings. The summed E-state index contributed by atoms with van der Waals surface area (Å²) in [5.41, 5.74) is 6.26. The maximum atomic E-state index is 9.74. The Bertz CT molecular complexity index is 616. The molecule has 0 atom stereocenters. The van der Waals surface area contributed by atoms with Crippen molar-refractivity contribution in [2.75, 3.05) is 0 Å². The number of benzene rings is 2. The molecule has 0 radical (unpaired) electrons. The van der Waals surface area contributed by atoms with Crippen LogP contribution in [0.5, 0.6) is 5.75 Å². The molecule has 0 unspecified atom stereocenters. The van der Waals surface area contributed by atoms with Crippen molar-refractivity contribution >= 4 is 0 Å². The van der Waals surface area contributed by atoms with Crippen LogP contribution in [0, 0.1) is 6.92 Å². The summed E-state index contributed by atoms with van der Waals surface area (Å²) in [4.78, 5) is 0. The van der Waals surface area contributed by atoms with Gasteiger partial charge in [-0.3, -0.25) is 0 Å². The highest BCUT2D eigenvalue weighted by Gasteiger charge is 2.24. The first kappa shape index (κ1) is 15.6. The number of hydrogen-bond donors (Lipinski definition) is 1. The van der Waals surface area contributed by atoms with E-state index in [2.05, 4.69) is 52.0 Å². The molecule has 2 rings (SSSR count). The molecular formula is C20H26O. The summed E-state index contributed by atoms with van der Waals surface area (Å²) < 4.78 is 0. The lowest BCUT2D eigenvalue weighted by molar-refractivity contribution is 0.470. The Balaban J connectivity index is 2.54. The number of phenolic OH excluding ortho intramolecular Hbond substituents is 1. The van der Waals surface area contributed by atoms with Gasteiger partial charge in [0, 0.05) is 5.41 Å². The molecule has 1 nitrogen and oxygen atoms in total. The van der Waals surface area contributed by atoms with Crippen molar-refractivity contribution < 1.29 is 5.11 Å². The minimum Gasteiger partial charge on any atom is -0.508 e. The predicted molar refractivity (Wildman–Crippen MR) is 90.2 cm³/mol. The zero-order valence-corrected chi connectivity index (χ0v) is 13.8. The summed E-state index contributed by atoms with van der Waals surface area (Å²) in [5.74, 6) is 0.367. The van der Waals surface area contributed by atoms with Crippen LogP contribution in [0.25, 0.3) is 0 Å². The lowest BCUT2D eigenvalue weighted by atomic mass is 9.76. The van der Waals surface area contributed by atoms with Crippen LogP contribution < -0.4 is 0 Å². The Labute approximate surface area is 128 Å². The molecule has 2 aromatic carbocycles. The fourth-order valence-corrected chi connectivity index (χ4v) is 2.74. The molecule has 0 bridgehead atoms. The second-order valence-corrected chi connectivity index (χ2v) is 6.37. The van der Waals surface area contributed by atoms with Crippen LogP contribution >= 0.6 is 0 Å². The quantitative estimate of drug-likeness (QED) is 0.822. The molecule has 0 aliphatic carbocycles. The third kappa shape index (κ3) is 3.12. The van der Waals surface area contributed by atoms with E-state index in [0.29, 0.717) is 5.75 Å². The minimum absolute atomic E-state index is 0.0619. The summed E-state index contributed by atoms with van der Waals surface area (Å²) in [6.07, 6.45) is 2.12. The molecule has 0 saturated heterocycles. The van der Waals surface area contributed by atoms with Gasteiger partial charge >= 0.3 is 0 Å². The van der Waals surface area contributed by atoms with Gasteiger partial charge < -0.3 is 5.11 Å². The number of hydrogen-bond acceptors (Lipinski definition) is 1. The third-order valence-electron chi connectivity index (χ3n) is 4.51. The van der Waals surface area contributed by atoms with E-state index in [1.807, 2.05) is 13.0 Å². The minimum atomic E-state index is -0.0619. The zero-order valence-electron chi connectivity index (χ0n) is 13.8. The molecule has 0 spiro atoms. The number of phenols is 1. The van der Waals surface area contributed by atoms with Crippen LogP contribution in [0.1, 0.15) is 55.5 Å². The van der Waals surface area contributed by atoms with Gasteiger partial charge in [0.25, 0.3) is 0 Å². The molecular weight excluding hydrogens is 256 g/mol. The normalized spacial score (nSPS) is 11.7. The molecule has 0 aliphatic heterocycles. The molecule has 112 valence electrons. The Kier molecular flexibility index (Phi) is 4.41. The summed E-state index contributed by atoms with van der Waals surface area (Å²) in [5, 5.41) is 9.74. The summed E-state index contributed by atoms with van der Waals surface area (Å²) in [7, 11) is 0. The van der Waals surface area contributed by atoms with Crippen LogP contribution in [0.15, 0.2) is 36.4 Å². The molecule has 0 amide bonds. The number of aromatic hydroxyl groups is 1. The second-order valence-electron chi connectivity index (χ2n) is 6.37. The fourth-order valence-electron chi connectivity index (χ4n) is 2.74. The smallest absolute Gasteiger partial charge is 0.118 e. The van der Waals surface area contributed by atoms with Crippen molar-refractivity contribution in [1.29, 1.82) is 0 Å². The van der Waals surface area contributed by atoms with E-state index in [9.17, 15) is 5.11 Å². The van der Waals surface area contributed by atoms with Crippen molar-refractivity contribution in [1.82, 2.24) is 0 Å². The summed E-state index contributed by atoms with van der Waals surface area (Å²) in [6.45, 7) is 10.9. The third-order valence-corrected chi connectivity index (χ3v) is 4.51. The predicted octanol–water partition coefficient (Wildman–Crippen LogP) is 5.15. The second kappa shape index (κ2) is 5.93. The molecule has 0 fully saturated rings. The average molecular weight is 282 g/mol. The van der Waals surface area contributed by atoms with Crippen LogP contribution in [-0.4, -0.2) is 5.11 Å². The van der Waals surface area contributed by atoms with Gasteiger partial charge in [0.1, 0.15) is 5.75 Å². The molecule has 2 aromatic rings. The standard InChI is InChI=1S/C20H26O/c1-6-15-11-16(7-2)13-18(12-15)20(4,5)17-8-9-19(21)14(3)10-17/h8-13,21H,6-7H2,1-5H3. The van der Waals surface area contributed by atoms with Gasteiger partial charge in [0.2, 0.25) is 0 Å². The fraction of sp³-hybridized carbons (Fsp3) is 0.400. The summed E-state index contributed by atoms with van der Waals surface area (Å²) >= 11 is 0. The monoisotopic (exact) mass is 282 g/mol. The van der Waals surface area contributed by atoms with Gasteiger partial charge in [0.05, 0.1) is 0 Å². The number of rotatable bonds is 4. The van der Waals surface area contributed by atoms with E-state index in [1.165, 1.54) is 22.3 Å². The van der Waals surface area contributed by atoms with Crippen LogP contribution in [0.2, 0.25) is 0 Å². The zero-order chi connectivity index (χ0) is 15.6. The first-order chi connectivity index (χ1) is 9.88. The first-order valence-electron chi connectivity index (χ1n) is 7.82. The average Bonchev–Trinajstić information content (AvgIpc) is 2.49. The van der Waals surface area contributed by atoms with Crippen molar-refractivity contribution in [2.24, 2.45) is 0 Å². The van der Waals surface area contributed by atoms with E-state index < -0.39 is 0 Å².